The summed E-state index contributed by atoms with van der Waals surface area (Å²) >= 11 is 5.80. The third-order valence-corrected chi connectivity index (χ3v) is 5.86. The molecular weight excluding hydrogens is 508 g/mol. The number of hydrogen-bond donors (Lipinski definition) is 5. The van der Waals surface area contributed by atoms with Gasteiger partial charge in [-0.1, -0.05) is 11.6 Å². The maximum absolute atomic E-state index is 11.8. The van der Waals surface area contributed by atoms with E-state index in [-0.39, 0.29) is 92.0 Å². The van der Waals surface area contributed by atoms with Gasteiger partial charge in [-0.15, -0.1) is 10.2 Å². The van der Waals surface area contributed by atoms with Crippen LogP contribution in [0.3, 0.4) is 0 Å². The van der Waals surface area contributed by atoms with Crippen LogP contribution in [0.1, 0.15) is 0 Å². The minimum absolute atomic E-state index is 0. The first-order valence-corrected chi connectivity index (χ1v) is 11.0. The molecule has 16 heteroatoms. The van der Waals surface area contributed by atoms with Crippen LogP contribution in [-0.4, -0.2) is 95.3 Å². The van der Waals surface area contributed by atoms with E-state index in [0.717, 1.165) is 18.2 Å². The maximum atomic E-state index is 11.8. The molecular formula is C16H12ClN3Na2O8S2. The van der Waals surface area contributed by atoms with Crippen molar-refractivity contribution in [2.75, 3.05) is 5.73 Å². The van der Waals surface area contributed by atoms with Crippen molar-refractivity contribution in [2.24, 2.45) is 10.2 Å². The Morgan fingerprint density at radius 1 is 0.875 bits per heavy atom. The Hall–Kier alpha value is -0.970. The van der Waals surface area contributed by atoms with E-state index in [1.807, 2.05) is 0 Å². The normalized spacial score (nSPS) is 11.8. The molecule has 11 nitrogen and oxygen atoms in total. The molecule has 0 amide bonds. The quantitative estimate of drug-likeness (QED) is 0.149. The minimum atomic E-state index is -4.99. The molecule has 0 aromatic heterocycles. The summed E-state index contributed by atoms with van der Waals surface area (Å²) in [5.41, 5.74) is 4.53. The molecule has 160 valence electrons. The van der Waals surface area contributed by atoms with Gasteiger partial charge in [-0.2, -0.15) is 16.8 Å². The van der Waals surface area contributed by atoms with Gasteiger partial charge in [0.25, 0.3) is 20.2 Å². The summed E-state index contributed by atoms with van der Waals surface area (Å²) in [5, 5.41) is 27.3. The number of phenols is 2. The smallest absolute Gasteiger partial charge is 0.296 e. The Labute approximate surface area is 231 Å². The minimum Gasteiger partial charge on any atom is -0.506 e. The van der Waals surface area contributed by atoms with Crippen LogP contribution in [0.5, 0.6) is 11.5 Å². The molecule has 0 heterocycles. The summed E-state index contributed by atoms with van der Waals surface area (Å²) < 4.78 is 65.2. The summed E-state index contributed by atoms with van der Waals surface area (Å²) in [4.78, 5) is -1.59. The van der Waals surface area contributed by atoms with Crippen LogP contribution in [-0.2, 0) is 20.2 Å². The largest absolute Gasteiger partial charge is 0.506 e. The second-order valence-electron chi connectivity index (χ2n) is 5.97. The van der Waals surface area contributed by atoms with Crippen molar-refractivity contribution in [1.82, 2.24) is 0 Å². The number of fused-ring (bicyclic) bond motifs is 1. The summed E-state index contributed by atoms with van der Waals surface area (Å²) in [6, 6.07) is 6.25. The molecule has 0 fully saturated rings. The van der Waals surface area contributed by atoms with Gasteiger partial charge in [0.15, 0.2) is 5.75 Å². The van der Waals surface area contributed by atoms with Gasteiger partial charge in [-0.25, -0.2) is 0 Å². The van der Waals surface area contributed by atoms with E-state index in [1.54, 1.807) is 0 Å². The van der Waals surface area contributed by atoms with Crippen molar-refractivity contribution >= 4 is 119 Å². The van der Waals surface area contributed by atoms with E-state index < -0.39 is 41.5 Å². The van der Waals surface area contributed by atoms with Crippen molar-refractivity contribution in [3.63, 3.8) is 0 Å². The molecule has 6 N–H and O–H groups in total. The molecule has 0 bridgehead atoms. The second-order valence-corrected chi connectivity index (χ2v) is 9.21. The number of hydrogen-bond acceptors (Lipinski definition) is 9. The van der Waals surface area contributed by atoms with Gasteiger partial charge in [0.2, 0.25) is 0 Å². The predicted octanol–water partition coefficient (Wildman–Crippen LogP) is 2.63. The number of phenolic OH excluding ortho intramolecular Hbond substituents is 2. The molecule has 0 aliphatic rings. The Morgan fingerprint density at radius 3 is 2.06 bits per heavy atom. The number of halogens is 1. The number of nitrogens with zero attached hydrogens (tertiary/aromatic N) is 2. The third kappa shape index (κ3) is 6.12. The number of benzene rings is 3. The number of anilines is 1. The molecule has 0 saturated heterocycles. The van der Waals surface area contributed by atoms with Gasteiger partial charge in [0, 0.05) is 75.2 Å². The Morgan fingerprint density at radius 2 is 1.50 bits per heavy atom. The van der Waals surface area contributed by atoms with E-state index in [9.17, 15) is 36.2 Å². The van der Waals surface area contributed by atoms with Gasteiger partial charge in [-0.05, 0) is 41.8 Å². The topological polar surface area (TPSA) is 200 Å². The zero-order chi connectivity index (χ0) is 22.4. The summed E-state index contributed by atoms with van der Waals surface area (Å²) in [5.74, 6) is -1.20. The van der Waals surface area contributed by atoms with Gasteiger partial charge < -0.3 is 15.9 Å². The van der Waals surface area contributed by atoms with Crippen LogP contribution in [0, 0.1) is 0 Å². The molecule has 0 saturated carbocycles. The van der Waals surface area contributed by atoms with Crippen molar-refractivity contribution in [3.05, 3.63) is 41.4 Å². The second kappa shape index (κ2) is 10.5. The van der Waals surface area contributed by atoms with Crippen LogP contribution in [0.25, 0.3) is 10.8 Å². The van der Waals surface area contributed by atoms with Crippen molar-refractivity contribution in [2.45, 2.75) is 9.79 Å². The molecule has 2 radical (unpaired) electrons. The monoisotopic (exact) mass is 519 g/mol. The first-order valence-electron chi connectivity index (χ1n) is 7.73. The van der Waals surface area contributed by atoms with Gasteiger partial charge in [0.05, 0.1) is 4.90 Å². The Bertz CT molecular complexity index is 1450. The summed E-state index contributed by atoms with van der Waals surface area (Å²) in [6.45, 7) is 0. The Kier molecular flexibility index (Phi) is 9.56. The van der Waals surface area contributed by atoms with Crippen LogP contribution in [0.4, 0.5) is 17.1 Å². The van der Waals surface area contributed by atoms with Crippen LogP contribution >= 0.6 is 11.6 Å². The standard InChI is InChI=1S/C16H12ClN3O8S2.2Na/c17-8-1-2-12(21)11(5-8)19-20-15-13(30(26,27)28)4-7-3-9(29(23,24)25)6-10(18)14(7)16(15)22;;/h1-6,21-22H,18H2,(H,23,24,25)(H,26,27,28);;. The van der Waals surface area contributed by atoms with Crippen molar-refractivity contribution in [1.29, 1.82) is 0 Å². The number of nitrogens with two attached hydrogens (primary N) is 1. The molecule has 3 aromatic rings. The van der Waals surface area contributed by atoms with E-state index in [4.69, 9.17) is 17.3 Å². The summed E-state index contributed by atoms with van der Waals surface area (Å²) in [7, 11) is -9.69. The van der Waals surface area contributed by atoms with Crippen molar-refractivity contribution < 1.29 is 36.2 Å². The van der Waals surface area contributed by atoms with Gasteiger partial charge in [0.1, 0.15) is 22.0 Å². The van der Waals surface area contributed by atoms with Crippen LogP contribution in [0.15, 0.2) is 56.4 Å². The maximum Gasteiger partial charge on any atom is 0.296 e. The molecule has 0 unspecified atom stereocenters. The third-order valence-electron chi connectivity index (χ3n) is 3.92. The zero-order valence-electron chi connectivity index (χ0n) is 16.6. The fourth-order valence-electron chi connectivity index (χ4n) is 2.61. The molecule has 0 aliphatic carbocycles. The molecule has 0 spiro atoms. The van der Waals surface area contributed by atoms with Gasteiger partial charge >= 0.3 is 0 Å². The predicted molar refractivity (Wildman–Crippen MR) is 118 cm³/mol. The SMILES string of the molecule is Nc1cc(S(=O)(=O)O)cc2cc(S(=O)(=O)O)c(N=Nc3cc(Cl)ccc3O)c(O)c12.[Na].[Na]. The average molecular weight is 520 g/mol. The average Bonchev–Trinajstić information content (AvgIpc) is 2.61. The van der Waals surface area contributed by atoms with Crippen LogP contribution < -0.4 is 5.73 Å². The van der Waals surface area contributed by atoms with E-state index >= 15 is 0 Å². The first-order chi connectivity index (χ1) is 13.8. The first kappa shape index (κ1) is 29.1. The molecule has 0 atom stereocenters. The van der Waals surface area contributed by atoms with Crippen LogP contribution in [0.2, 0.25) is 5.02 Å². The van der Waals surface area contributed by atoms with Crippen molar-refractivity contribution in [3.8, 4) is 11.5 Å². The molecule has 3 aromatic carbocycles. The van der Waals surface area contributed by atoms with E-state index in [0.29, 0.717) is 0 Å². The Balaban J connectivity index is 0.00000256. The van der Waals surface area contributed by atoms with Gasteiger partial charge in [-0.3, -0.25) is 9.11 Å². The zero-order valence-corrected chi connectivity index (χ0v) is 22.9. The number of nitrogen functional groups attached to an aromatic ring is 1. The number of aromatic hydroxyl groups is 2. The fraction of sp³-hybridized carbons (Fsp3) is 0. The number of rotatable bonds is 4. The van der Waals surface area contributed by atoms with E-state index in [1.165, 1.54) is 18.2 Å². The molecule has 3 rings (SSSR count). The molecule has 32 heavy (non-hydrogen) atoms. The number of azo groups is 1. The summed E-state index contributed by atoms with van der Waals surface area (Å²) in [6.07, 6.45) is 0. The molecule has 0 aliphatic heterocycles. The fourth-order valence-corrected chi connectivity index (χ4v) is 3.99. The van der Waals surface area contributed by atoms with E-state index in [2.05, 4.69) is 10.2 Å².